The minimum atomic E-state index is -0.680. The molecule has 0 aromatic rings. The standard InChI is InChI=1S/C9H15NO2.CH2/c11-9(12)8-5-4-6-2-1-3-7(6)10-8;/h6-8,10H,1-5H2,(H,11,12);1H2. The van der Waals surface area contributed by atoms with Crippen molar-refractivity contribution >= 4 is 5.97 Å². The summed E-state index contributed by atoms with van der Waals surface area (Å²) < 4.78 is 0. The van der Waals surface area contributed by atoms with Crippen LogP contribution < -0.4 is 5.32 Å². The van der Waals surface area contributed by atoms with E-state index in [9.17, 15) is 4.79 Å². The fourth-order valence-electron chi connectivity index (χ4n) is 2.52. The van der Waals surface area contributed by atoms with Gasteiger partial charge in [0, 0.05) is 6.04 Å². The Morgan fingerprint density at radius 3 is 2.69 bits per heavy atom. The zero-order chi connectivity index (χ0) is 8.55. The lowest BCUT2D eigenvalue weighted by Gasteiger charge is -2.31. The Hall–Kier alpha value is -0.570. The molecule has 1 saturated heterocycles. The minimum absolute atomic E-state index is 0. The van der Waals surface area contributed by atoms with Gasteiger partial charge in [-0.05, 0) is 31.6 Å². The zero-order valence-corrected chi connectivity index (χ0v) is 7.83. The van der Waals surface area contributed by atoms with Crippen LogP contribution in [0.15, 0.2) is 0 Å². The van der Waals surface area contributed by atoms with Gasteiger partial charge in [0.2, 0.25) is 0 Å². The molecule has 2 N–H and O–H groups in total. The van der Waals surface area contributed by atoms with Crippen LogP contribution in [0.25, 0.3) is 0 Å². The molecule has 0 spiro atoms. The van der Waals surface area contributed by atoms with E-state index in [2.05, 4.69) is 5.32 Å². The van der Waals surface area contributed by atoms with Gasteiger partial charge >= 0.3 is 5.97 Å². The highest BCUT2D eigenvalue weighted by atomic mass is 16.4. The second kappa shape index (κ2) is 4.09. The fourth-order valence-corrected chi connectivity index (χ4v) is 2.52. The smallest absolute Gasteiger partial charge is 0.320 e. The topological polar surface area (TPSA) is 49.3 Å². The van der Waals surface area contributed by atoms with Gasteiger partial charge in [0.25, 0.3) is 0 Å². The predicted molar refractivity (Wildman–Crippen MR) is 50.3 cm³/mol. The van der Waals surface area contributed by atoms with Crippen molar-refractivity contribution in [2.24, 2.45) is 5.92 Å². The lowest BCUT2D eigenvalue weighted by molar-refractivity contribution is -0.140. The summed E-state index contributed by atoms with van der Waals surface area (Å²) in [5, 5.41) is 12.0. The molecule has 3 unspecified atom stereocenters. The molecule has 2 radical (unpaired) electrons. The van der Waals surface area contributed by atoms with E-state index in [1.165, 1.54) is 19.3 Å². The van der Waals surface area contributed by atoms with Crippen molar-refractivity contribution in [1.82, 2.24) is 5.32 Å². The second-order valence-corrected chi connectivity index (χ2v) is 3.93. The average molecular weight is 183 g/mol. The SMILES string of the molecule is O=C(O)C1CCC2CCCC2N1.[CH2]. The Balaban J connectivity index is 0.000000845. The summed E-state index contributed by atoms with van der Waals surface area (Å²) in [7, 11) is 0. The van der Waals surface area contributed by atoms with Gasteiger partial charge in [0.15, 0.2) is 0 Å². The van der Waals surface area contributed by atoms with E-state index >= 15 is 0 Å². The number of rotatable bonds is 1. The molecular formula is C10H17NO2. The van der Waals surface area contributed by atoms with Crippen LogP contribution in [0.4, 0.5) is 0 Å². The predicted octanol–water partition coefficient (Wildman–Crippen LogP) is 1.32. The van der Waals surface area contributed by atoms with E-state index in [1.54, 1.807) is 0 Å². The van der Waals surface area contributed by atoms with Gasteiger partial charge in [0.05, 0.1) is 0 Å². The second-order valence-electron chi connectivity index (χ2n) is 3.93. The van der Waals surface area contributed by atoms with Gasteiger partial charge < -0.3 is 10.4 Å². The molecule has 1 saturated carbocycles. The van der Waals surface area contributed by atoms with Crippen LogP contribution in [0, 0.1) is 13.3 Å². The quantitative estimate of drug-likeness (QED) is 0.644. The number of carbonyl (C=O) groups is 1. The van der Waals surface area contributed by atoms with Gasteiger partial charge in [-0.1, -0.05) is 13.8 Å². The molecule has 1 aliphatic carbocycles. The molecule has 1 heterocycles. The number of carboxylic acids is 1. The molecular weight excluding hydrogens is 166 g/mol. The third-order valence-electron chi connectivity index (χ3n) is 3.20. The summed E-state index contributed by atoms with van der Waals surface area (Å²) in [6.07, 6.45) is 5.66. The highest BCUT2D eigenvalue weighted by Crippen LogP contribution is 2.33. The van der Waals surface area contributed by atoms with E-state index in [-0.39, 0.29) is 13.5 Å². The molecule has 2 rings (SSSR count). The third kappa shape index (κ3) is 2.02. The summed E-state index contributed by atoms with van der Waals surface area (Å²) in [5.74, 6) is 0.0842. The van der Waals surface area contributed by atoms with Crippen LogP contribution in [-0.2, 0) is 4.79 Å². The first-order valence-electron chi connectivity index (χ1n) is 4.76. The first-order valence-corrected chi connectivity index (χ1v) is 4.76. The van der Waals surface area contributed by atoms with E-state index in [0.717, 1.165) is 18.8 Å². The van der Waals surface area contributed by atoms with Crippen LogP contribution in [0.5, 0.6) is 0 Å². The van der Waals surface area contributed by atoms with E-state index in [4.69, 9.17) is 5.11 Å². The molecule has 3 nitrogen and oxygen atoms in total. The minimum Gasteiger partial charge on any atom is -0.480 e. The third-order valence-corrected chi connectivity index (χ3v) is 3.20. The summed E-state index contributed by atoms with van der Waals surface area (Å²) in [5.41, 5.74) is 0. The normalized spacial score (nSPS) is 37.7. The largest absolute Gasteiger partial charge is 0.480 e. The molecule has 0 aromatic carbocycles. The van der Waals surface area contributed by atoms with Gasteiger partial charge in [-0.3, -0.25) is 4.79 Å². The molecule has 74 valence electrons. The number of aliphatic carboxylic acids is 1. The van der Waals surface area contributed by atoms with Gasteiger partial charge in [0.1, 0.15) is 6.04 Å². The highest BCUT2D eigenvalue weighted by Gasteiger charge is 2.35. The Morgan fingerprint density at radius 2 is 2.00 bits per heavy atom. The molecule has 0 aromatic heterocycles. The lowest BCUT2D eigenvalue weighted by atomic mass is 9.90. The van der Waals surface area contributed by atoms with Crippen molar-refractivity contribution in [1.29, 1.82) is 0 Å². The summed E-state index contributed by atoms with van der Waals surface area (Å²) >= 11 is 0. The first kappa shape index (κ1) is 10.5. The number of hydrogen-bond acceptors (Lipinski definition) is 2. The molecule has 1 aliphatic heterocycles. The maximum Gasteiger partial charge on any atom is 0.320 e. The molecule has 13 heavy (non-hydrogen) atoms. The van der Waals surface area contributed by atoms with Gasteiger partial charge in [-0.2, -0.15) is 0 Å². The van der Waals surface area contributed by atoms with Crippen molar-refractivity contribution in [3.05, 3.63) is 7.43 Å². The molecule has 3 heteroatoms. The zero-order valence-electron chi connectivity index (χ0n) is 7.83. The Kier molecular flexibility index (Phi) is 3.31. The van der Waals surface area contributed by atoms with Gasteiger partial charge in [-0.25, -0.2) is 0 Å². The lowest BCUT2D eigenvalue weighted by Crippen LogP contribution is -2.48. The van der Waals surface area contributed by atoms with Crippen molar-refractivity contribution in [3.8, 4) is 0 Å². The average Bonchev–Trinajstić information content (AvgIpc) is 2.49. The molecule has 2 fully saturated rings. The molecule has 0 amide bonds. The van der Waals surface area contributed by atoms with Gasteiger partial charge in [-0.15, -0.1) is 0 Å². The number of hydrogen-bond donors (Lipinski definition) is 2. The van der Waals surface area contributed by atoms with Crippen molar-refractivity contribution in [2.45, 2.75) is 44.2 Å². The number of piperidine rings is 1. The van der Waals surface area contributed by atoms with Crippen LogP contribution in [0.1, 0.15) is 32.1 Å². The van der Waals surface area contributed by atoms with E-state index < -0.39 is 5.97 Å². The Labute approximate surface area is 79.5 Å². The van der Waals surface area contributed by atoms with Crippen LogP contribution in [0.2, 0.25) is 0 Å². The molecule has 2 aliphatic rings. The van der Waals surface area contributed by atoms with Crippen LogP contribution in [0.3, 0.4) is 0 Å². The molecule has 0 bridgehead atoms. The number of carboxylic acid groups (broad SMARTS) is 1. The molecule has 3 atom stereocenters. The summed E-state index contributed by atoms with van der Waals surface area (Å²) in [4.78, 5) is 10.7. The van der Waals surface area contributed by atoms with Crippen LogP contribution in [-0.4, -0.2) is 23.2 Å². The van der Waals surface area contributed by atoms with Crippen LogP contribution >= 0.6 is 0 Å². The Bertz CT molecular complexity index is 193. The summed E-state index contributed by atoms with van der Waals surface area (Å²) in [6, 6.07) is 0.226. The van der Waals surface area contributed by atoms with E-state index in [1.807, 2.05) is 0 Å². The fraction of sp³-hybridized carbons (Fsp3) is 0.800. The monoisotopic (exact) mass is 183 g/mol. The van der Waals surface area contributed by atoms with E-state index in [0.29, 0.717) is 6.04 Å². The number of nitrogens with one attached hydrogen (secondary N) is 1. The Morgan fingerprint density at radius 1 is 1.23 bits per heavy atom. The van der Waals surface area contributed by atoms with Crippen molar-refractivity contribution in [2.75, 3.05) is 0 Å². The van der Waals surface area contributed by atoms with Crippen molar-refractivity contribution < 1.29 is 9.90 Å². The number of fused-ring (bicyclic) bond motifs is 1. The maximum absolute atomic E-state index is 10.7. The first-order chi connectivity index (χ1) is 5.77. The summed E-state index contributed by atoms with van der Waals surface area (Å²) in [6.45, 7) is 0. The maximum atomic E-state index is 10.7. The van der Waals surface area contributed by atoms with Crippen molar-refractivity contribution in [3.63, 3.8) is 0 Å². The highest BCUT2D eigenvalue weighted by molar-refractivity contribution is 5.73.